The average Bonchev–Trinajstić information content (AvgIpc) is 3.42. The van der Waals surface area contributed by atoms with E-state index in [1.165, 1.54) is 0 Å². The molecule has 4 aromatic rings. The van der Waals surface area contributed by atoms with Gasteiger partial charge >= 0.3 is 0 Å². The molecule has 2 bridgehead atoms. The van der Waals surface area contributed by atoms with E-state index in [0.717, 1.165) is 22.3 Å². The molecule has 9 nitrogen and oxygen atoms in total. The minimum Gasteiger partial charge on any atom is -0.497 e. The highest BCUT2D eigenvalue weighted by molar-refractivity contribution is 6.29. The number of rotatable bonds is 4. The highest BCUT2D eigenvalue weighted by atomic mass is 16.5. The molecule has 38 heavy (non-hydrogen) atoms. The molecule has 2 aliphatic heterocycles. The molecule has 1 aromatic heterocycles. The Morgan fingerprint density at radius 3 is 2.47 bits per heavy atom. The second-order valence-corrected chi connectivity index (χ2v) is 9.69. The quantitative estimate of drug-likeness (QED) is 0.393. The number of nitrogens with one attached hydrogen (secondary N) is 2. The molecule has 0 saturated heterocycles. The van der Waals surface area contributed by atoms with Crippen LogP contribution in [0, 0.1) is 0 Å². The van der Waals surface area contributed by atoms with Crippen LogP contribution in [0.2, 0.25) is 0 Å². The molecule has 0 atom stereocenters. The number of imidazole rings is 1. The second-order valence-electron chi connectivity index (χ2n) is 9.69. The van der Waals surface area contributed by atoms with Crippen molar-refractivity contribution in [2.24, 2.45) is 0 Å². The number of aromatic amines is 1. The van der Waals surface area contributed by atoms with Crippen molar-refractivity contribution in [1.29, 1.82) is 0 Å². The highest BCUT2D eigenvalue weighted by Gasteiger charge is 2.48. The molecule has 194 valence electrons. The number of benzene rings is 3. The monoisotopic (exact) mass is 512 g/mol. The predicted octanol–water partition coefficient (Wildman–Crippen LogP) is 5.02. The number of fused-ring (bicyclic) bond motifs is 6. The number of H-pyrrole nitrogens is 1. The molecule has 0 saturated carbocycles. The van der Waals surface area contributed by atoms with Gasteiger partial charge < -0.3 is 34.1 Å². The number of hydrogen-bond donors (Lipinski definition) is 2. The van der Waals surface area contributed by atoms with Crippen LogP contribution in [-0.2, 0) is 11.3 Å². The van der Waals surface area contributed by atoms with E-state index in [1.54, 1.807) is 33.5 Å². The van der Waals surface area contributed by atoms with E-state index in [-0.39, 0.29) is 5.78 Å². The Balaban J connectivity index is 1.63. The van der Waals surface area contributed by atoms with Gasteiger partial charge in [-0.25, -0.2) is 4.98 Å². The summed E-state index contributed by atoms with van der Waals surface area (Å²) in [4.78, 5) is 24.2. The van der Waals surface area contributed by atoms with Crippen LogP contribution in [0.3, 0.4) is 0 Å². The first kappa shape index (κ1) is 23.7. The number of methoxy groups -OCH3 is 3. The molecular formula is C29H28N4O5. The highest BCUT2D eigenvalue weighted by Crippen LogP contribution is 2.46. The van der Waals surface area contributed by atoms with Gasteiger partial charge in [0, 0.05) is 36.4 Å². The average molecular weight is 513 g/mol. The third kappa shape index (κ3) is 3.61. The number of carbonyl (C=O) groups is 1. The maximum Gasteiger partial charge on any atom is 0.195 e. The number of hydrogen-bond acceptors (Lipinski definition) is 8. The Kier molecular flexibility index (Phi) is 5.45. The van der Waals surface area contributed by atoms with Crippen LogP contribution in [0.5, 0.6) is 28.7 Å². The topological polar surface area (TPSA) is 97.9 Å². The molecule has 0 fully saturated rings. The molecule has 0 amide bonds. The van der Waals surface area contributed by atoms with Gasteiger partial charge in [0.05, 0.1) is 38.1 Å². The molecule has 9 heteroatoms. The molecule has 0 radical (unpaired) electrons. The number of Topliss-reactive ketones (excluding diaryl/α,β-unsaturated/α-hetero) is 1. The standard InChI is InChI=1S/C29H28N4O5/c1-29(2)26(34)24(27-31-21-8-6-7-9-22(21)32-27)28-30-15-16-10-18(35-3)14-23(37-5)25(16)38-20-12-17(33(28)29)11-19(13-20)36-4/h6-14,30H,15H2,1-5H3,(H,31,32). The van der Waals surface area contributed by atoms with Crippen LogP contribution >= 0.6 is 0 Å². The van der Waals surface area contributed by atoms with Crippen LogP contribution in [0.4, 0.5) is 5.69 Å². The Morgan fingerprint density at radius 2 is 1.74 bits per heavy atom. The molecule has 0 spiro atoms. The van der Waals surface area contributed by atoms with Gasteiger partial charge in [0.1, 0.15) is 40.0 Å². The minimum atomic E-state index is -0.922. The summed E-state index contributed by atoms with van der Waals surface area (Å²) < 4.78 is 23.2. The summed E-state index contributed by atoms with van der Waals surface area (Å²) in [5, 5.41) is 3.53. The van der Waals surface area contributed by atoms with Gasteiger partial charge in [0.25, 0.3) is 0 Å². The van der Waals surface area contributed by atoms with Gasteiger partial charge in [-0.05, 0) is 32.0 Å². The third-order valence-electron chi connectivity index (χ3n) is 7.01. The Labute approximate surface area is 220 Å². The zero-order valence-corrected chi connectivity index (χ0v) is 21.8. The van der Waals surface area contributed by atoms with E-state index in [4.69, 9.17) is 23.9 Å². The van der Waals surface area contributed by atoms with E-state index in [9.17, 15) is 4.79 Å². The summed E-state index contributed by atoms with van der Waals surface area (Å²) in [5.74, 6) is 3.91. The lowest BCUT2D eigenvalue weighted by Crippen LogP contribution is -2.46. The lowest BCUT2D eigenvalue weighted by atomic mass is 9.95. The number of aromatic nitrogens is 2. The molecular weight excluding hydrogens is 484 g/mol. The van der Waals surface area contributed by atoms with Crippen molar-refractivity contribution in [3.8, 4) is 28.7 Å². The zero-order valence-electron chi connectivity index (χ0n) is 21.8. The first-order valence-corrected chi connectivity index (χ1v) is 12.2. The number of para-hydroxylation sites is 2. The molecule has 3 heterocycles. The third-order valence-corrected chi connectivity index (χ3v) is 7.01. The van der Waals surface area contributed by atoms with E-state index in [0.29, 0.717) is 52.5 Å². The zero-order chi connectivity index (χ0) is 26.6. The molecule has 2 N–H and O–H groups in total. The summed E-state index contributed by atoms with van der Waals surface area (Å²) in [6.45, 7) is 4.14. The molecule has 2 aliphatic rings. The van der Waals surface area contributed by atoms with Crippen LogP contribution in [0.15, 0.2) is 60.4 Å². The molecule has 0 aliphatic carbocycles. The van der Waals surface area contributed by atoms with Crippen molar-refractivity contribution in [2.75, 3.05) is 26.2 Å². The molecule has 0 unspecified atom stereocenters. The van der Waals surface area contributed by atoms with Crippen molar-refractivity contribution in [1.82, 2.24) is 15.3 Å². The van der Waals surface area contributed by atoms with Crippen molar-refractivity contribution >= 4 is 28.1 Å². The summed E-state index contributed by atoms with van der Waals surface area (Å²) in [7, 11) is 4.79. The van der Waals surface area contributed by atoms with Crippen LogP contribution in [-0.4, -0.2) is 42.6 Å². The van der Waals surface area contributed by atoms with Gasteiger partial charge in [-0.3, -0.25) is 4.79 Å². The number of carbonyl (C=O) groups excluding carboxylic acids is 1. The van der Waals surface area contributed by atoms with Crippen molar-refractivity contribution in [3.05, 3.63) is 71.8 Å². The first-order valence-electron chi connectivity index (χ1n) is 12.2. The largest absolute Gasteiger partial charge is 0.497 e. The predicted molar refractivity (Wildman–Crippen MR) is 144 cm³/mol. The van der Waals surface area contributed by atoms with E-state index in [2.05, 4.69) is 10.3 Å². The van der Waals surface area contributed by atoms with Gasteiger partial charge in [-0.1, -0.05) is 12.1 Å². The van der Waals surface area contributed by atoms with Crippen molar-refractivity contribution < 1.29 is 23.7 Å². The minimum absolute atomic E-state index is 0.0629. The number of ether oxygens (including phenoxy) is 4. The number of nitrogens with zero attached hydrogens (tertiary/aromatic N) is 2. The van der Waals surface area contributed by atoms with Crippen molar-refractivity contribution in [2.45, 2.75) is 25.9 Å². The SMILES string of the molecule is COc1cc2cc(c1)N1C(=C(c3nc4ccccc4[nH]3)C(=O)C1(C)C)NCc1cc(OC)cc(OC)c1O2. The summed E-state index contributed by atoms with van der Waals surface area (Å²) >= 11 is 0. The maximum absolute atomic E-state index is 14.1. The molecule has 6 rings (SSSR count). The van der Waals surface area contributed by atoms with Crippen LogP contribution < -0.4 is 29.2 Å². The van der Waals surface area contributed by atoms with E-state index in [1.807, 2.05) is 61.2 Å². The smallest absolute Gasteiger partial charge is 0.195 e. The summed E-state index contributed by atoms with van der Waals surface area (Å²) in [6.07, 6.45) is 0. The fourth-order valence-corrected chi connectivity index (χ4v) is 5.12. The van der Waals surface area contributed by atoms with Gasteiger partial charge in [0.15, 0.2) is 17.3 Å². The first-order chi connectivity index (χ1) is 18.3. The Hall–Kier alpha value is -4.66. The van der Waals surface area contributed by atoms with E-state index < -0.39 is 5.54 Å². The van der Waals surface area contributed by atoms with E-state index >= 15 is 0 Å². The summed E-state index contributed by atoms with van der Waals surface area (Å²) in [5.41, 5.74) is 2.73. The van der Waals surface area contributed by atoms with Crippen LogP contribution in [0.1, 0.15) is 25.2 Å². The Bertz CT molecular complexity index is 1590. The summed E-state index contributed by atoms with van der Waals surface area (Å²) in [6, 6.07) is 17.0. The van der Waals surface area contributed by atoms with Crippen LogP contribution in [0.25, 0.3) is 16.6 Å². The lowest BCUT2D eigenvalue weighted by molar-refractivity contribution is -0.116. The number of ketones is 1. The maximum atomic E-state index is 14.1. The van der Waals surface area contributed by atoms with Crippen molar-refractivity contribution in [3.63, 3.8) is 0 Å². The number of anilines is 1. The van der Waals surface area contributed by atoms with Gasteiger partial charge in [0.2, 0.25) is 0 Å². The Morgan fingerprint density at radius 1 is 0.974 bits per heavy atom. The fourth-order valence-electron chi connectivity index (χ4n) is 5.12. The van der Waals surface area contributed by atoms with Gasteiger partial charge in [-0.2, -0.15) is 0 Å². The lowest BCUT2D eigenvalue weighted by Gasteiger charge is -2.35. The normalized spacial score (nSPS) is 15.9. The van der Waals surface area contributed by atoms with Gasteiger partial charge in [-0.15, -0.1) is 0 Å². The molecule has 3 aromatic carbocycles. The fraction of sp³-hybridized carbons (Fsp3) is 0.241. The second kappa shape index (κ2) is 8.72.